The van der Waals surface area contributed by atoms with Crippen LogP contribution in [-0.4, -0.2) is 18.9 Å². The molecule has 1 heterocycles. The van der Waals surface area contributed by atoms with Crippen LogP contribution in [0.25, 0.3) is 22.3 Å². The summed E-state index contributed by atoms with van der Waals surface area (Å²) in [4.78, 5) is 4.97. The molecule has 4 aromatic rings. The zero-order chi connectivity index (χ0) is 22.3. The maximum absolute atomic E-state index is 4.97. The zero-order valence-corrected chi connectivity index (χ0v) is 19.0. The second kappa shape index (κ2) is 6.70. The van der Waals surface area contributed by atoms with Gasteiger partial charge in [0.25, 0.3) is 0 Å². The average Bonchev–Trinajstić information content (AvgIpc) is 3.25. The van der Waals surface area contributed by atoms with Gasteiger partial charge >= 0.3 is 0 Å². The quantitative estimate of drug-likeness (QED) is 0.382. The molecule has 4 aromatic carbocycles. The highest BCUT2D eigenvalue weighted by Crippen LogP contribution is 2.75. The Hall–Kier alpha value is -3.65. The monoisotopic (exact) mass is 438 g/mol. The van der Waals surface area contributed by atoms with Gasteiger partial charge in [0, 0.05) is 29.7 Å². The Kier molecular flexibility index (Phi) is 3.69. The number of hydrogen-bond donors (Lipinski definition) is 1. The molecule has 0 aromatic heterocycles. The first kappa shape index (κ1) is 18.7. The molecule has 1 aliphatic heterocycles. The van der Waals surface area contributed by atoms with Crippen LogP contribution in [0.1, 0.15) is 40.5 Å². The standard InChI is InChI=1S/C32H26N2/c1-5-13-24-20(9-1)21-10-2-6-14-25(21)29(24)32(19-28(32)31-33-17-18-34-31)30-26-15-7-3-11-22(26)23-12-4-8-16-27(23)30/h1-16,28-30H,17-19H2,(H,33,34)/t28-/m1/s1. The van der Waals surface area contributed by atoms with E-state index in [-0.39, 0.29) is 5.41 Å². The van der Waals surface area contributed by atoms with Crippen molar-refractivity contribution in [3.05, 3.63) is 119 Å². The molecule has 34 heavy (non-hydrogen) atoms. The van der Waals surface area contributed by atoms with Crippen LogP contribution in [0, 0.1) is 11.3 Å². The van der Waals surface area contributed by atoms with Crippen LogP contribution >= 0.6 is 0 Å². The van der Waals surface area contributed by atoms with E-state index in [0.717, 1.165) is 13.1 Å². The second-order valence-electron chi connectivity index (χ2n) is 10.3. The highest BCUT2D eigenvalue weighted by Gasteiger charge is 2.68. The summed E-state index contributed by atoms with van der Waals surface area (Å²) in [6, 6.07) is 36.5. The fraction of sp³-hybridized carbons (Fsp3) is 0.219. The number of aliphatic imine (C=N–C) groups is 1. The van der Waals surface area contributed by atoms with Gasteiger partial charge in [0.05, 0.1) is 6.54 Å². The van der Waals surface area contributed by atoms with Crippen molar-refractivity contribution in [3.63, 3.8) is 0 Å². The summed E-state index contributed by atoms with van der Waals surface area (Å²) < 4.78 is 0. The van der Waals surface area contributed by atoms with E-state index in [2.05, 4.69) is 102 Å². The van der Waals surface area contributed by atoms with Gasteiger partial charge in [0.1, 0.15) is 5.84 Å². The van der Waals surface area contributed by atoms with Gasteiger partial charge in [-0.05, 0) is 50.9 Å². The van der Waals surface area contributed by atoms with Crippen molar-refractivity contribution in [3.8, 4) is 22.3 Å². The third-order valence-electron chi connectivity index (χ3n) is 8.82. The lowest BCUT2D eigenvalue weighted by molar-refractivity contribution is 0.384. The lowest BCUT2D eigenvalue weighted by atomic mass is 9.68. The molecule has 0 amide bonds. The maximum atomic E-state index is 4.97. The van der Waals surface area contributed by atoms with Crippen molar-refractivity contribution in [1.29, 1.82) is 0 Å². The minimum Gasteiger partial charge on any atom is -0.372 e. The summed E-state index contributed by atoms with van der Waals surface area (Å²) in [5.41, 5.74) is 11.7. The van der Waals surface area contributed by atoms with Crippen LogP contribution in [-0.2, 0) is 0 Å². The number of nitrogens with zero attached hydrogens (tertiary/aromatic N) is 1. The van der Waals surface area contributed by atoms with Crippen molar-refractivity contribution in [2.45, 2.75) is 18.3 Å². The number of fused-ring (bicyclic) bond motifs is 6. The van der Waals surface area contributed by atoms with E-state index < -0.39 is 0 Å². The van der Waals surface area contributed by atoms with Crippen molar-refractivity contribution in [1.82, 2.24) is 5.32 Å². The number of nitrogens with one attached hydrogen (secondary N) is 1. The molecule has 1 fully saturated rings. The molecule has 1 atom stereocenters. The van der Waals surface area contributed by atoms with E-state index >= 15 is 0 Å². The largest absolute Gasteiger partial charge is 0.372 e. The Labute approximate surface area is 200 Å². The number of benzene rings is 4. The Balaban J connectivity index is 1.42. The molecule has 3 aliphatic carbocycles. The molecule has 0 bridgehead atoms. The third-order valence-corrected chi connectivity index (χ3v) is 8.82. The van der Waals surface area contributed by atoms with Gasteiger partial charge in [-0.25, -0.2) is 0 Å². The smallest absolute Gasteiger partial charge is 0.100 e. The van der Waals surface area contributed by atoms with Gasteiger partial charge in [-0.2, -0.15) is 0 Å². The zero-order valence-electron chi connectivity index (χ0n) is 19.0. The molecular weight excluding hydrogens is 412 g/mol. The first-order valence-corrected chi connectivity index (χ1v) is 12.5. The number of amidine groups is 1. The molecule has 2 nitrogen and oxygen atoms in total. The lowest BCUT2D eigenvalue weighted by Crippen LogP contribution is -2.30. The molecule has 0 unspecified atom stereocenters. The molecule has 4 aliphatic rings. The Morgan fingerprint density at radius 2 is 1.00 bits per heavy atom. The number of rotatable bonds is 3. The van der Waals surface area contributed by atoms with Gasteiger partial charge in [-0.1, -0.05) is 97.1 Å². The summed E-state index contributed by atoms with van der Waals surface area (Å²) in [6.07, 6.45) is 1.17. The third kappa shape index (κ3) is 2.28. The molecule has 8 rings (SSSR count). The van der Waals surface area contributed by atoms with E-state index in [0.29, 0.717) is 17.8 Å². The van der Waals surface area contributed by atoms with Crippen LogP contribution in [0.5, 0.6) is 0 Å². The summed E-state index contributed by atoms with van der Waals surface area (Å²) in [5.74, 6) is 2.41. The van der Waals surface area contributed by atoms with E-state index in [1.807, 2.05) is 0 Å². The molecule has 164 valence electrons. The first-order chi connectivity index (χ1) is 16.9. The van der Waals surface area contributed by atoms with Gasteiger partial charge in [-0.15, -0.1) is 0 Å². The molecule has 0 saturated heterocycles. The lowest BCUT2D eigenvalue weighted by Gasteiger charge is -2.34. The SMILES string of the molecule is c1ccc2c(c1)-c1ccccc1C2C1(C2c3ccccc3-c3ccccc32)C[C@@H]1C1=NCCN1. The Morgan fingerprint density at radius 3 is 1.38 bits per heavy atom. The molecule has 1 N–H and O–H groups in total. The molecule has 2 heteroatoms. The van der Waals surface area contributed by atoms with E-state index in [4.69, 9.17) is 4.99 Å². The van der Waals surface area contributed by atoms with E-state index in [1.165, 1.54) is 56.8 Å². The van der Waals surface area contributed by atoms with Crippen molar-refractivity contribution < 1.29 is 0 Å². The molecule has 0 radical (unpaired) electrons. The maximum Gasteiger partial charge on any atom is 0.100 e. The Morgan fingerprint density at radius 1 is 0.588 bits per heavy atom. The predicted octanol–water partition coefficient (Wildman–Crippen LogP) is 6.62. The van der Waals surface area contributed by atoms with Crippen LogP contribution in [0.3, 0.4) is 0 Å². The minimum absolute atomic E-state index is 0.0710. The van der Waals surface area contributed by atoms with Crippen LogP contribution in [0.15, 0.2) is 102 Å². The van der Waals surface area contributed by atoms with Crippen LogP contribution in [0.4, 0.5) is 0 Å². The normalized spacial score (nSPS) is 21.3. The van der Waals surface area contributed by atoms with E-state index in [1.54, 1.807) is 0 Å². The highest BCUT2D eigenvalue weighted by molar-refractivity contribution is 5.92. The summed E-state index contributed by atoms with van der Waals surface area (Å²) >= 11 is 0. The topological polar surface area (TPSA) is 24.4 Å². The second-order valence-corrected chi connectivity index (χ2v) is 10.3. The summed E-state index contributed by atoms with van der Waals surface area (Å²) in [5, 5.41) is 3.67. The summed E-state index contributed by atoms with van der Waals surface area (Å²) in [7, 11) is 0. The molecule has 1 saturated carbocycles. The van der Waals surface area contributed by atoms with Gasteiger partial charge in [0.2, 0.25) is 0 Å². The molecular formula is C32H26N2. The van der Waals surface area contributed by atoms with Gasteiger partial charge < -0.3 is 5.32 Å². The van der Waals surface area contributed by atoms with Crippen LogP contribution in [0.2, 0.25) is 0 Å². The van der Waals surface area contributed by atoms with Crippen molar-refractivity contribution in [2.75, 3.05) is 13.1 Å². The van der Waals surface area contributed by atoms with Crippen molar-refractivity contribution in [2.24, 2.45) is 16.3 Å². The summed E-state index contributed by atoms with van der Waals surface area (Å²) in [6.45, 7) is 1.87. The van der Waals surface area contributed by atoms with Gasteiger partial charge in [-0.3, -0.25) is 4.99 Å². The van der Waals surface area contributed by atoms with Crippen LogP contribution < -0.4 is 5.32 Å². The fourth-order valence-electron chi connectivity index (χ4n) is 7.57. The molecule has 0 spiro atoms. The average molecular weight is 439 g/mol. The van der Waals surface area contributed by atoms with Gasteiger partial charge in [0.15, 0.2) is 0 Å². The highest BCUT2D eigenvalue weighted by atomic mass is 15.1. The minimum atomic E-state index is 0.0710. The Bertz CT molecular complexity index is 1310. The first-order valence-electron chi connectivity index (χ1n) is 12.5. The van der Waals surface area contributed by atoms with E-state index in [9.17, 15) is 0 Å². The fourth-order valence-corrected chi connectivity index (χ4v) is 7.57. The van der Waals surface area contributed by atoms with Crippen molar-refractivity contribution >= 4 is 5.84 Å². The predicted molar refractivity (Wildman–Crippen MR) is 138 cm³/mol. The number of hydrogen-bond acceptors (Lipinski definition) is 2.